The largest absolute Gasteiger partial charge is 0.494 e. The van der Waals surface area contributed by atoms with E-state index in [-0.39, 0.29) is 5.56 Å². The van der Waals surface area contributed by atoms with Crippen LogP contribution in [0.1, 0.15) is 30.1 Å². The third-order valence-corrected chi connectivity index (χ3v) is 2.55. The van der Waals surface area contributed by atoms with Crippen LogP contribution < -0.4 is 10.1 Å². The molecule has 1 unspecified atom stereocenters. The Hall–Kier alpha value is -2.57. The molecular formula is C14H17NO6. The summed E-state index contributed by atoms with van der Waals surface area (Å²) in [6.45, 7) is 2.45. The summed E-state index contributed by atoms with van der Waals surface area (Å²) >= 11 is 0. The summed E-state index contributed by atoms with van der Waals surface area (Å²) in [5.74, 6) is -2.87. The van der Waals surface area contributed by atoms with Crippen molar-refractivity contribution in [3.63, 3.8) is 0 Å². The van der Waals surface area contributed by atoms with E-state index in [1.807, 2.05) is 6.92 Å². The van der Waals surface area contributed by atoms with Gasteiger partial charge in [-0.25, -0.2) is 4.79 Å². The molecule has 0 aliphatic carbocycles. The molecule has 1 amide bonds. The highest BCUT2D eigenvalue weighted by Gasteiger charge is 2.23. The molecule has 114 valence electrons. The van der Waals surface area contributed by atoms with Gasteiger partial charge in [0.2, 0.25) is 0 Å². The predicted octanol–water partition coefficient (Wildman–Crippen LogP) is 1.13. The zero-order chi connectivity index (χ0) is 15.8. The minimum absolute atomic E-state index is 0.209. The smallest absolute Gasteiger partial charge is 0.326 e. The molecule has 0 fully saturated rings. The van der Waals surface area contributed by atoms with Gasteiger partial charge in [0.15, 0.2) is 0 Å². The Balaban J connectivity index is 2.77. The molecular weight excluding hydrogens is 278 g/mol. The molecule has 0 radical (unpaired) electrons. The van der Waals surface area contributed by atoms with Gasteiger partial charge >= 0.3 is 11.9 Å². The van der Waals surface area contributed by atoms with Crippen molar-refractivity contribution in [3.8, 4) is 5.75 Å². The summed E-state index contributed by atoms with van der Waals surface area (Å²) in [4.78, 5) is 33.4. The highest BCUT2D eigenvalue weighted by Crippen LogP contribution is 2.14. The zero-order valence-corrected chi connectivity index (χ0v) is 11.5. The molecule has 3 N–H and O–H groups in total. The van der Waals surface area contributed by atoms with E-state index in [4.69, 9.17) is 14.9 Å². The Morgan fingerprint density at radius 1 is 1.29 bits per heavy atom. The van der Waals surface area contributed by atoms with Gasteiger partial charge in [-0.1, -0.05) is 13.0 Å². The zero-order valence-electron chi connectivity index (χ0n) is 11.5. The van der Waals surface area contributed by atoms with Crippen LogP contribution in [0.5, 0.6) is 5.75 Å². The second-order valence-electron chi connectivity index (χ2n) is 4.34. The number of benzene rings is 1. The van der Waals surface area contributed by atoms with Crippen LogP contribution in [0.25, 0.3) is 0 Å². The fourth-order valence-electron chi connectivity index (χ4n) is 1.56. The number of aliphatic carboxylic acids is 2. The van der Waals surface area contributed by atoms with Crippen LogP contribution in [0.3, 0.4) is 0 Å². The van der Waals surface area contributed by atoms with E-state index in [2.05, 4.69) is 5.32 Å². The molecule has 21 heavy (non-hydrogen) atoms. The van der Waals surface area contributed by atoms with Crippen molar-refractivity contribution in [1.82, 2.24) is 5.32 Å². The van der Waals surface area contributed by atoms with Crippen LogP contribution in [0, 0.1) is 0 Å². The lowest BCUT2D eigenvalue weighted by molar-refractivity contribution is -0.145. The quantitative estimate of drug-likeness (QED) is 0.662. The van der Waals surface area contributed by atoms with Crippen LogP contribution >= 0.6 is 0 Å². The average molecular weight is 295 g/mol. The van der Waals surface area contributed by atoms with Gasteiger partial charge in [0, 0.05) is 5.56 Å². The van der Waals surface area contributed by atoms with Crippen LogP contribution in [0.15, 0.2) is 24.3 Å². The Kier molecular flexibility index (Phi) is 6.19. The molecule has 0 saturated carbocycles. The molecule has 0 bridgehead atoms. The van der Waals surface area contributed by atoms with Crippen molar-refractivity contribution in [1.29, 1.82) is 0 Å². The normalized spacial score (nSPS) is 11.5. The second kappa shape index (κ2) is 7.88. The van der Waals surface area contributed by atoms with Crippen molar-refractivity contribution in [2.75, 3.05) is 6.61 Å². The van der Waals surface area contributed by atoms with E-state index >= 15 is 0 Å². The maximum atomic E-state index is 11.9. The summed E-state index contributed by atoms with van der Waals surface area (Å²) < 4.78 is 5.37. The number of hydrogen-bond donors (Lipinski definition) is 3. The van der Waals surface area contributed by atoms with Crippen LogP contribution in [-0.4, -0.2) is 40.7 Å². The Morgan fingerprint density at radius 2 is 2.00 bits per heavy atom. The lowest BCUT2D eigenvalue weighted by atomic mass is 10.1. The van der Waals surface area contributed by atoms with E-state index < -0.39 is 30.3 Å². The molecule has 0 aromatic heterocycles. The summed E-state index contributed by atoms with van der Waals surface area (Å²) in [6.07, 6.45) is 0.128. The number of carbonyl (C=O) groups is 3. The first-order chi connectivity index (χ1) is 9.93. The molecule has 1 rings (SSSR count). The van der Waals surface area contributed by atoms with E-state index in [0.717, 1.165) is 6.42 Å². The minimum Gasteiger partial charge on any atom is -0.494 e. The highest BCUT2D eigenvalue weighted by atomic mass is 16.5. The predicted molar refractivity (Wildman–Crippen MR) is 73.4 cm³/mol. The van der Waals surface area contributed by atoms with Crippen molar-refractivity contribution in [3.05, 3.63) is 29.8 Å². The first-order valence-electron chi connectivity index (χ1n) is 6.42. The highest BCUT2D eigenvalue weighted by molar-refractivity contribution is 5.97. The summed E-state index contributed by atoms with van der Waals surface area (Å²) in [5, 5.41) is 19.7. The number of hydrogen-bond acceptors (Lipinski definition) is 4. The molecule has 0 aliphatic rings. The third-order valence-electron chi connectivity index (χ3n) is 2.55. The van der Waals surface area contributed by atoms with Gasteiger partial charge in [-0.2, -0.15) is 0 Å². The fourth-order valence-corrected chi connectivity index (χ4v) is 1.56. The average Bonchev–Trinajstić information content (AvgIpc) is 2.44. The van der Waals surface area contributed by atoms with Crippen LogP contribution in [-0.2, 0) is 9.59 Å². The van der Waals surface area contributed by atoms with Gasteiger partial charge in [-0.05, 0) is 24.6 Å². The van der Waals surface area contributed by atoms with E-state index in [1.54, 1.807) is 12.1 Å². The second-order valence-corrected chi connectivity index (χ2v) is 4.34. The van der Waals surface area contributed by atoms with Gasteiger partial charge < -0.3 is 20.3 Å². The summed E-state index contributed by atoms with van der Waals surface area (Å²) in [5.41, 5.74) is 0.209. The van der Waals surface area contributed by atoms with Gasteiger partial charge in [-0.15, -0.1) is 0 Å². The first kappa shape index (κ1) is 16.5. The molecule has 7 nitrogen and oxygen atoms in total. The number of carboxylic acids is 2. The van der Waals surface area contributed by atoms with E-state index in [0.29, 0.717) is 12.4 Å². The molecule has 0 spiro atoms. The first-order valence-corrected chi connectivity index (χ1v) is 6.42. The Labute approximate surface area is 121 Å². The molecule has 7 heteroatoms. The van der Waals surface area contributed by atoms with Crippen LogP contribution in [0.4, 0.5) is 0 Å². The molecule has 0 saturated heterocycles. The SMILES string of the molecule is CCCOc1cccc(C(=O)NC(CC(=O)O)C(=O)O)c1. The van der Waals surface area contributed by atoms with Gasteiger partial charge in [0.1, 0.15) is 11.8 Å². The summed E-state index contributed by atoms with van der Waals surface area (Å²) in [6, 6.07) is 4.78. The van der Waals surface area contributed by atoms with Crippen LogP contribution in [0.2, 0.25) is 0 Å². The van der Waals surface area contributed by atoms with Crippen molar-refractivity contribution in [2.45, 2.75) is 25.8 Å². The Bertz CT molecular complexity index is 528. The maximum Gasteiger partial charge on any atom is 0.326 e. The number of carbonyl (C=O) groups excluding carboxylic acids is 1. The molecule has 1 aromatic carbocycles. The van der Waals surface area contributed by atoms with E-state index in [9.17, 15) is 14.4 Å². The summed E-state index contributed by atoms with van der Waals surface area (Å²) in [7, 11) is 0. The molecule has 0 heterocycles. The van der Waals surface area contributed by atoms with Gasteiger partial charge in [-0.3, -0.25) is 9.59 Å². The van der Waals surface area contributed by atoms with Gasteiger partial charge in [0.05, 0.1) is 13.0 Å². The lowest BCUT2D eigenvalue weighted by Crippen LogP contribution is -2.42. The number of nitrogens with one attached hydrogen (secondary N) is 1. The van der Waals surface area contributed by atoms with Crippen molar-refractivity contribution >= 4 is 17.8 Å². The molecule has 0 aliphatic heterocycles. The minimum atomic E-state index is -1.48. The monoisotopic (exact) mass is 295 g/mol. The number of amides is 1. The molecule has 1 atom stereocenters. The van der Waals surface area contributed by atoms with Crippen molar-refractivity contribution in [2.24, 2.45) is 0 Å². The lowest BCUT2D eigenvalue weighted by Gasteiger charge is -2.13. The maximum absolute atomic E-state index is 11.9. The number of rotatable bonds is 8. The standard InChI is InChI=1S/C14H17NO6/c1-2-6-21-10-5-3-4-9(7-10)13(18)15-11(14(19)20)8-12(16)17/h3-5,7,11H,2,6,8H2,1H3,(H,15,18)(H,16,17)(H,19,20). The molecule has 1 aromatic rings. The topological polar surface area (TPSA) is 113 Å². The van der Waals surface area contributed by atoms with Gasteiger partial charge in [0.25, 0.3) is 5.91 Å². The van der Waals surface area contributed by atoms with E-state index in [1.165, 1.54) is 12.1 Å². The fraction of sp³-hybridized carbons (Fsp3) is 0.357. The number of carboxylic acid groups (broad SMARTS) is 2. The third kappa shape index (κ3) is 5.52. The van der Waals surface area contributed by atoms with Crippen molar-refractivity contribution < 1.29 is 29.3 Å². The number of ether oxygens (including phenoxy) is 1. The Morgan fingerprint density at radius 3 is 2.57 bits per heavy atom.